The minimum Gasteiger partial charge on any atom is -0.449 e. The molecule has 1 atom stereocenters. The third kappa shape index (κ3) is 5.91. The van der Waals surface area contributed by atoms with Crippen LogP contribution in [0.3, 0.4) is 0 Å². The Kier molecular flexibility index (Phi) is 7.11. The molecule has 0 unspecified atom stereocenters. The van der Waals surface area contributed by atoms with Crippen LogP contribution in [0.2, 0.25) is 0 Å². The molecule has 1 aromatic carbocycles. The van der Waals surface area contributed by atoms with E-state index in [4.69, 9.17) is 4.74 Å². The largest absolute Gasteiger partial charge is 0.449 e. The highest BCUT2D eigenvalue weighted by molar-refractivity contribution is 8.14. The molecule has 0 aromatic heterocycles. The Morgan fingerprint density at radius 2 is 1.93 bits per heavy atom. The lowest BCUT2D eigenvalue weighted by atomic mass is 10.2. The van der Waals surface area contributed by atoms with Crippen LogP contribution in [0.25, 0.3) is 0 Å². The summed E-state index contributed by atoms with van der Waals surface area (Å²) in [5.74, 6) is -1.77. The van der Waals surface area contributed by atoms with Crippen LogP contribution in [0, 0.1) is 0 Å². The number of thioether (sulfide) groups is 1. The zero-order valence-corrected chi connectivity index (χ0v) is 15.0. The molecule has 27 heavy (non-hydrogen) atoms. The van der Waals surface area contributed by atoms with Crippen molar-refractivity contribution in [3.63, 3.8) is 0 Å². The van der Waals surface area contributed by atoms with Crippen molar-refractivity contribution in [2.45, 2.75) is 19.6 Å². The molecule has 8 nitrogen and oxygen atoms in total. The van der Waals surface area contributed by atoms with Crippen molar-refractivity contribution in [3.8, 4) is 5.75 Å². The number of nitrogens with zero attached hydrogens (tertiary/aromatic N) is 1. The van der Waals surface area contributed by atoms with Crippen molar-refractivity contribution in [2.24, 2.45) is 0 Å². The molecule has 0 radical (unpaired) electrons. The lowest BCUT2D eigenvalue weighted by molar-refractivity contribution is -0.130. The fraction of sp³-hybridized carbons (Fsp3) is 0.375. The van der Waals surface area contributed by atoms with Crippen molar-refractivity contribution in [1.82, 2.24) is 10.2 Å². The van der Waals surface area contributed by atoms with E-state index < -0.39 is 24.6 Å². The number of rotatable bonds is 8. The maximum absolute atomic E-state index is 12.1. The third-order valence-corrected chi connectivity index (χ3v) is 4.30. The standard InChI is InChI=1S/C16H16F2N2O6S/c1-9(13(22)19-6-7-20-12(21)8-27-16(20)24)25-14(23)10-2-4-11(5-3-10)26-15(17)18/h2-5,9,15H,6-8H2,1H3,(H,19,22)/t9-/m0/s1. The van der Waals surface area contributed by atoms with Gasteiger partial charge in [-0.25, -0.2) is 4.79 Å². The molecule has 146 valence electrons. The molecule has 3 amide bonds. The number of nitrogens with one attached hydrogen (secondary N) is 1. The lowest BCUT2D eigenvalue weighted by Gasteiger charge is -2.16. The Labute approximate surface area is 157 Å². The first-order valence-electron chi connectivity index (χ1n) is 7.78. The minimum absolute atomic E-state index is 0.0262. The monoisotopic (exact) mass is 402 g/mol. The fourth-order valence-corrected chi connectivity index (χ4v) is 2.84. The predicted octanol–water partition coefficient (Wildman–Crippen LogP) is 1.64. The summed E-state index contributed by atoms with van der Waals surface area (Å²) in [6.07, 6.45) is -1.13. The predicted molar refractivity (Wildman–Crippen MR) is 90.5 cm³/mol. The van der Waals surface area contributed by atoms with Crippen molar-refractivity contribution < 1.29 is 37.4 Å². The smallest absolute Gasteiger partial charge is 0.387 e. The zero-order chi connectivity index (χ0) is 20.0. The molecule has 0 bridgehead atoms. The number of halogens is 2. The average Bonchev–Trinajstić information content (AvgIpc) is 2.93. The van der Waals surface area contributed by atoms with E-state index >= 15 is 0 Å². The van der Waals surface area contributed by atoms with Gasteiger partial charge in [-0.1, -0.05) is 11.8 Å². The molecule has 2 rings (SSSR count). The van der Waals surface area contributed by atoms with Crippen LogP contribution in [0.15, 0.2) is 24.3 Å². The van der Waals surface area contributed by atoms with E-state index in [-0.39, 0.29) is 41.3 Å². The second kappa shape index (κ2) is 9.31. The summed E-state index contributed by atoms with van der Waals surface area (Å²) in [7, 11) is 0. The molecule has 1 saturated heterocycles. The lowest BCUT2D eigenvalue weighted by Crippen LogP contribution is -2.41. The Morgan fingerprint density at radius 3 is 2.48 bits per heavy atom. The zero-order valence-electron chi connectivity index (χ0n) is 14.1. The first-order chi connectivity index (χ1) is 12.8. The van der Waals surface area contributed by atoms with Crippen LogP contribution in [-0.4, -0.2) is 59.5 Å². The van der Waals surface area contributed by atoms with Crippen molar-refractivity contribution in [1.29, 1.82) is 0 Å². The van der Waals surface area contributed by atoms with Crippen molar-refractivity contribution in [2.75, 3.05) is 18.8 Å². The number of carbonyl (C=O) groups excluding carboxylic acids is 4. The van der Waals surface area contributed by atoms with Gasteiger partial charge in [-0.3, -0.25) is 19.3 Å². The van der Waals surface area contributed by atoms with Crippen LogP contribution >= 0.6 is 11.8 Å². The van der Waals surface area contributed by atoms with Crippen LogP contribution in [0.5, 0.6) is 5.75 Å². The SMILES string of the molecule is C[C@H](OC(=O)c1ccc(OC(F)F)cc1)C(=O)NCCN1C(=O)CSC1=O. The van der Waals surface area contributed by atoms with Gasteiger partial charge in [0.2, 0.25) is 5.91 Å². The first-order valence-corrected chi connectivity index (χ1v) is 8.77. The summed E-state index contributed by atoms with van der Waals surface area (Å²) >= 11 is 0.894. The molecule has 1 aliphatic rings. The Bertz CT molecular complexity index is 712. The van der Waals surface area contributed by atoms with Gasteiger partial charge in [0.15, 0.2) is 6.10 Å². The van der Waals surface area contributed by atoms with Gasteiger partial charge in [0, 0.05) is 13.1 Å². The average molecular weight is 402 g/mol. The van der Waals surface area contributed by atoms with Gasteiger partial charge in [0.05, 0.1) is 11.3 Å². The number of hydrogen-bond acceptors (Lipinski definition) is 7. The Morgan fingerprint density at radius 1 is 1.26 bits per heavy atom. The number of benzene rings is 1. The maximum atomic E-state index is 12.1. The second-order valence-electron chi connectivity index (χ2n) is 5.34. The summed E-state index contributed by atoms with van der Waals surface area (Å²) in [5, 5.41) is 2.10. The number of amides is 3. The van der Waals surface area contributed by atoms with Gasteiger partial charge in [-0.05, 0) is 31.2 Å². The number of imide groups is 1. The van der Waals surface area contributed by atoms with Gasteiger partial charge in [0.1, 0.15) is 5.75 Å². The van der Waals surface area contributed by atoms with E-state index in [0.29, 0.717) is 0 Å². The molecule has 0 saturated carbocycles. The molecule has 1 aromatic rings. The molecule has 0 spiro atoms. The molecule has 1 N–H and O–H groups in total. The van der Waals surface area contributed by atoms with E-state index in [9.17, 15) is 28.0 Å². The summed E-state index contributed by atoms with van der Waals surface area (Å²) in [6, 6.07) is 4.81. The number of esters is 1. The summed E-state index contributed by atoms with van der Waals surface area (Å²) < 4.78 is 33.3. The molecule has 1 aliphatic heterocycles. The number of carbonyl (C=O) groups is 4. The second-order valence-corrected chi connectivity index (χ2v) is 6.27. The van der Waals surface area contributed by atoms with Gasteiger partial charge < -0.3 is 14.8 Å². The molecule has 1 fully saturated rings. The van der Waals surface area contributed by atoms with Gasteiger partial charge in [0.25, 0.3) is 11.1 Å². The fourth-order valence-electron chi connectivity index (χ4n) is 2.09. The van der Waals surface area contributed by atoms with E-state index in [1.165, 1.54) is 31.2 Å². The van der Waals surface area contributed by atoms with Crippen molar-refractivity contribution >= 4 is 34.8 Å². The van der Waals surface area contributed by atoms with Crippen LogP contribution < -0.4 is 10.1 Å². The molecular weight excluding hydrogens is 386 g/mol. The Balaban J connectivity index is 1.78. The summed E-state index contributed by atoms with van der Waals surface area (Å²) in [4.78, 5) is 47.8. The number of alkyl halides is 2. The van der Waals surface area contributed by atoms with E-state index in [2.05, 4.69) is 10.1 Å². The maximum Gasteiger partial charge on any atom is 0.387 e. The minimum atomic E-state index is -2.98. The summed E-state index contributed by atoms with van der Waals surface area (Å²) in [5.41, 5.74) is 0.0570. The van der Waals surface area contributed by atoms with Crippen LogP contribution in [-0.2, 0) is 14.3 Å². The normalized spacial score (nSPS) is 15.0. The van der Waals surface area contributed by atoms with E-state index in [0.717, 1.165) is 16.7 Å². The number of ether oxygens (including phenoxy) is 2. The van der Waals surface area contributed by atoms with Crippen LogP contribution in [0.1, 0.15) is 17.3 Å². The van der Waals surface area contributed by atoms with E-state index in [1.807, 2.05) is 0 Å². The summed E-state index contributed by atoms with van der Waals surface area (Å²) in [6.45, 7) is -1.57. The molecule has 0 aliphatic carbocycles. The highest BCUT2D eigenvalue weighted by Crippen LogP contribution is 2.18. The molecule has 11 heteroatoms. The quantitative estimate of drug-likeness (QED) is 0.660. The van der Waals surface area contributed by atoms with Crippen LogP contribution in [0.4, 0.5) is 13.6 Å². The van der Waals surface area contributed by atoms with Crippen molar-refractivity contribution in [3.05, 3.63) is 29.8 Å². The number of hydrogen-bond donors (Lipinski definition) is 1. The molecule has 1 heterocycles. The molecular formula is C16H16F2N2O6S. The Hall–Kier alpha value is -2.69. The van der Waals surface area contributed by atoms with Gasteiger partial charge >= 0.3 is 12.6 Å². The highest BCUT2D eigenvalue weighted by Gasteiger charge is 2.29. The highest BCUT2D eigenvalue weighted by atomic mass is 32.2. The first kappa shape index (κ1) is 20.6. The third-order valence-electron chi connectivity index (χ3n) is 3.44. The topological polar surface area (TPSA) is 102 Å². The van der Waals surface area contributed by atoms with Gasteiger partial charge in [-0.2, -0.15) is 8.78 Å². The van der Waals surface area contributed by atoms with Gasteiger partial charge in [-0.15, -0.1) is 0 Å². The van der Waals surface area contributed by atoms with E-state index in [1.54, 1.807) is 0 Å².